The maximum absolute atomic E-state index is 12.3. The van der Waals surface area contributed by atoms with Gasteiger partial charge in [-0.3, -0.25) is 14.2 Å². The van der Waals surface area contributed by atoms with Crippen LogP contribution in [0.2, 0.25) is 0 Å². The molecule has 1 fully saturated rings. The van der Waals surface area contributed by atoms with Gasteiger partial charge in [-0.15, -0.1) is 5.10 Å². The molecule has 1 N–H and O–H groups in total. The third kappa shape index (κ3) is 6.41. The zero-order valence-electron chi connectivity index (χ0n) is 25.8. The lowest BCUT2D eigenvalue weighted by molar-refractivity contribution is -0.539. The number of hydrogen-bond donors (Lipinski definition) is 1. The van der Waals surface area contributed by atoms with Crippen LogP contribution in [0.4, 0.5) is 5.69 Å². The van der Waals surface area contributed by atoms with Crippen LogP contribution in [0.25, 0.3) is 11.4 Å². The second-order valence-electron chi connectivity index (χ2n) is 12.0. The molecule has 1 amide bonds. The van der Waals surface area contributed by atoms with Gasteiger partial charge < -0.3 is 9.79 Å². The van der Waals surface area contributed by atoms with E-state index in [1.807, 2.05) is 16.8 Å². The Hall–Kier alpha value is -3.88. The Kier molecular flexibility index (Phi) is 9.25. The molecular weight excluding hydrogens is 533 g/mol. The Morgan fingerprint density at radius 1 is 0.930 bits per heavy atom. The number of nitrogens with zero attached hydrogens (tertiary/aromatic N) is 6. The van der Waals surface area contributed by atoms with E-state index < -0.39 is 0 Å². The van der Waals surface area contributed by atoms with E-state index in [9.17, 15) is 4.79 Å². The summed E-state index contributed by atoms with van der Waals surface area (Å²) in [5.41, 5.74) is 6.43. The predicted molar refractivity (Wildman–Crippen MR) is 173 cm³/mol. The number of carbonyl (C=O) groups excluding carboxylic acids is 1. The molecule has 0 spiro atoms. The van der Waals surface area contributed by atoms with Crippen LogP contribution in [0, 0.1) is 0 Å². The number of rotatable bonds is 12. The Balaban J connectivity index is 1.32. The minimum Gasteiger partial charge on any atom is -0.329 e. The standard InChI is InChI=1S/C34H43BN7O/c1-3-5-7-8-10-13-28-25-40(38-37-28)33-22-20-30-34(26-15-17-27(18-16-26)36-31(43)14-6-4-2)29-19-21-32(41(29)35-42(30)33)39-23-11-9-12-24-39/h15-22,25H,3-14,23-24H2,1-2H3/p+1. The molecule has 3 aliphatic rings. The first-order valence-electron chi connectivity index (χ1n) is 16.4. The molecule has 3 aliphatic heterocycles. The van der Waals surface area contributed by atoms with Crippen molar-refractivity contribution in [3.05, 3.63) is 77.4 Å². The van der Waals surface area contributed by atoms with Crippen LogP contribution >= 0.6 is 0 Å². The van der Waals surface area contributed by atoms with Crippen LogP contribution in [0.1, 0.15) is 101 Å². The molecule has 5 heterocycles. The number of benzene rings is 1. The van der Waals surface area contributed by atoms with Crippen LogP contribution in [-0.2, 0) is 11.2 Å². The number of anilines is 1. The van der Waals surface area contributed by atoms with Crippen molar-refractivity contribution in [1.82, 2.24) is 24.3 Å². The van der Waals surface area contributed by atoms with Crippen molar-refractivity contribution in [3.63, 3.8) is 0 Å². The van der Waals surface area contributed by atoms with Crippen molar-refractivity contribution in [2.75, 3.05) is 18.4 Å². The lowest BCUT2D eigenvalue weighted by Crippen LogP contribution is -2.43. The number of amidine groups is 1. The summed E-state index contributed by atoms with van der Waals surface area (Å²) in [7, 11) is 2.21. The van der Waals surface area contributed by atoms with Crippen molar-refractivity contribution in [2.45, 2.75) is 90.9 Å². The zero-order valence-corrected chi connectivity index (χ0v) is 25.8. The van der Waals surface area contributed by atoms with Gasteiger partial charge in [0.15, 0.2) is 0 Å². The van der Waals surface area contributed by atoms with Crippen molar-refractivity contribution in [2.24, 2.45) is 0 Å². The Bertz CT molecular complexity index is 1520. The number of piperidine rings is 1. The molecule has 3 aromatic rings. The number of aromatic nitrogens is 4. The molecule has 1 radical (unpaired) electrons. The molecule has 0 saturated carbocycles. The highest BCUT2D eigenvalue weighted by Crippen LogP contribution is 2.37. The normalized spacial score (nSPS) is 16.0. The second-order valence-corrected chi connectivity index (χ2v) is 12.0. The molecule has 1 saturated heterocycles. The lowest BCUT2D eigenvalue weighted by Gasteiger charge is -2.27. The highest BCUT2D eigenvalue weighted by Gasteiger charge is 2.40. The Labute approximate surface area is 256 Å². The van der Waals surface area contributed by atoms with E-state index in [-0.39, 0.29) is 5.91 Å². The summed E-state index contributed by atoms with van der Waals surface area (Å²) < 4.78 is 6.68. The van der Waals surface area contributed by atoms with Gasteiger partial charge in [0, 0.05) is 29.5 Å². The predicted octanol–water partition coefficient (Wildman–Crippen LogP) is 6.33. The third-order valence-corrected chi connectivity index (χ3v) is 8.74. The Morgan fingerprint density at radius 2 is 1.72 bits per heavy atom. The van der Waals surface area contributed by atoms with Crippen LogP contribution < -0.4 is 5.32 Å². The number of hydrogen-bond acceptors (Lipinski definition) is 3. The van der Waals surface area contributed by atoms with Crippen LogP contribution in [-0.4, -0.2) is 61.2 Å². The van der Waals surface area contributed by atoms with Gasteiger partial charge in [-0.1, -0.05) is 63.3 Å². The summed E-state index contributed by atoms with van der Waals surface area (Å²) >= 11 is 0. The summed E-state index contributed by atoms with van der Waals surface area (Å²) in [4.78, 5) is 14.7. The fourth-order valence-corrected chi connectivity index (χ4v) is 6.35. The average molecular weight is 578 g/mol. The maximum atomic E-state index is 12.3. The van der Waals surface area contributed by atoms with Gasteiger partial charge in [-0.05, 0) is 74.4 Å². The van der Waals surface area contributed by atoms with E-state index in [0.717, 1.165) is 72.8 Å². The number of allylic oxidation sites excluding steroid dienone is 1. The fourth-order valence-electron chi connectivity index (χ4n) is 6.35. The number of aryl methyl sites for hydroxylation is 1. The van der Waals surface area contributed by atoms with E-state index in [2.05, 4.69) is 93.5 Å². The minimum atomic E-state index is 0.0706. The van der Waals surface area contributed by atoms with E-state index in [0.29, 0.717) is 6.42 Å². The molecule has 43 heavy (non-hydrogen) atoms. The lowest BCUT2D eigenvalue weighted by atomic mass is 9.91. The summed E-state index contributed by atoms with van der Waals surface area (Å²) in [6, 6.07) is 12.6. The fraction of sp³-hybridized carbons (Fsp3) is 0.471. The minimum absolute atomic E-state index is 0.0706. The zero-order chi connectivity index (χ0) is 29.6. The van der Waals surface area contributed by atoms with Crippen molar-refractivity contribution >= 4 is 30.6 Å². The van der Waals surface area contributed by atoms with Gasteiger partial charge in [0.25, 0.3) is 5.84 Å². The molecule has 6 rings (SSSR count). The van der Waals surface area contributed by atoms with Gasteiger partial charge in [0.05, 0.1) is 25.0 Å². The van der Waals surface area contributed by atoms with Gasteiger partial charge in [-0.2, -0.15) is 0 Å². The van der Waals surface area contributed by atoms with Gasteiger partial charge in [0.2, 0.25) is 5.91 Å². The summed E-state index contributed by atoms with van der Waals surface area (Å²) in [6.07, 6.45) is 20.0. The Morgan fingerprint density at radius 3 is 2.51 bits per heavy atom. The number of unbranched alkanes of at least 4 members (excludes halogenated alkanes) is 5. The molecule has 9 heteroatoms. The van der Waals surface area contributed by atoms with Gasteiger partial charge in [-0.25, -0.2) is 4.68 Å². The van der Waals surface area contributed by atoms with Crippen LogP contribution in [0.3, 0.4) is 0 Å². The molecule has 2 aromatic heterocycles. The summed E-state index contributed by atoms with van der Waals surface area (Å²) in [5, 5.41) is 12.1. The summed E-state index contributed by atoms with van der Waals surface area (Å²) in [6.45, 7) is 6.51. The number of amides is 1. The molecule has 0 aliphatic carbocycles. The van der Waals surface area contributed by atoms with Crippen molar-refractivity contribution in [3.8, 4) is 5.82 Å². The van der Waals surface area contributed by atoms with Crippen molar-refractivity contribution < 1.29 is 9.37 Å². The van der Waals surface area contributed by atoms with E-state index in [1.165, 1.54) is 56.5 Å². The first kappa shape index (κ1) is 29.2. The number of carbonyl (C=O) groups is 1. The first-order chi connectivity index (χ1) is 21.2. The van der Waals surface area contributed by atoms with Gasteiger partial charge >= 0.3 is 7.55 Å². The quantitative estimate of drug-likeness (QED) is 0.155. The molecule has 0 bridgehead atoms. The van der Waals surface area contributed by atoms with Gasteiger partial charge in [0.1, 0.15) is 11.5 Å². The SMILES string of the molecule is CCCCCCCc1cn(-c2ccc3n2[B]N2C(=C3c3ccc(NC(=O)CCCC)cc3)C=CC2=[N+]2CCCCC2)nn1. The summed E-state index contributed by atoms with van der Waals surface area (Å²) in [5.74, 6) is 2.27. The number of fused-ring (bicyclic) bond motifs is 2. The van der Waals surface area contributed by atoms with Crippen LogP contribution in [0.15, 0.2) is 60.4 Å². The monoisotopic (exact) mass is 577 g/mol. The first-order valence-corrected chi connectivity index (χ1v) is 16.4. The average Bonchev–Trinajstić information content (AvgIpc) is 3.78. The van der Waals surface area contributed by atoms with Crippen LogP contribution in [0.5, 0.6) is 0 Å². The molecule has 1 aromatic carbocycles. The van der Waals surface area contributed by atoms with E-state index in [4.69, 9.17) is 0 Å². The largest absolute Gasteiger partial charge is 0.553 e. The topological polar surface area (TPSA) is 71.0 Å². The number of nitrogens with one attached hydrogen (secondary N) is 1. The smallest absolute Gasteiger partial charge is 0.329 e. The highest BCUT2D eigenvalue weighted by atomic mass is 16.1. The van der Waals surface area contributed by atoms with Crippen molar-refractivity contribution in [1.29, 1.82) is 0 Å². The molecular formula is C34H44BN7O+. The molecule has 8 nitrogen and oxygen atoms in total. The maximum Gasteiger partial charge on any atom is 0.553 e. The molecule has 223 valence electrons. The van der Waals surface area contributed by atoms with E-state index >= 15 is 0 Å². The van der Waals surface area contributed by atoms with E-state index in [1.54, 1.807) is 0 Å². The third-order valence-electron chi connectivity index (χ3n) is 8.74. The second kappa shape index (κ2) is 13.6. The molecule has 0 atom stereocenters. The highest BCUT2D eigenvalue weighted by molar-refractivity contribution is 6.40. The molecule has 0 unspecified atom stereocenters.